The van der Waals surface area contributed by atoms with Crippen molar-refractivity contribution in [2.75, 3.05) is 32.7 Å². The summed E-state index contributed by atoms with van der Waals surface area (Å²) in [5.74, 6) is -0.363. The van der Waals surface area contributed by atoms with Crippen LogP contribution >= 0.6 is 0 Å². The molecule has 1 saturated heterocycles. The SMILES string of the molecule is O=C(NCCC[NH+]1CCc2ccccc2C1)c1cc(=O)[nH]c2ccc(S(=O)(=O)N3CCCCC3)cc12. The van der Waals surface area contributed by atoms with Gasteiger partial charge in [0.1, 0.15) is 6.54 Å². The highest BCUT2D eigenvalue weighted by atomic mass is 32.2. The topological polar surface area (TPSA) is 104 Å². The summed E-state index contributed by atoms with van der Waals surface area (Å²) in [6.07, 6.45) is 4.61. The third-order valence-corrected chi connectivity index (χ3v) is 9.21. The second-order valence-corrected chi connectivity index (χ2v) is 11.7. The first-order valence-corrected chi connectivity index (χ1v) is 14.2. The lowest BCUT2D eigenvalue weighted by atomic mass is 10.00. The van der Waals surface area contributed by atoms with Crippen LogP contribution in [0.4, 0.5) is 0 Å². The van der Waals surface area contributed by atoms with Crippen molar-refractivity contribution in [3.8, 4) is 0 Å². The number of pyridine rings is 1. The van der Waals surface area contributed by atoms with Crippen LogP contribution in [0.1, 0.15) is 47.2 Å². The normalized spacial score (nSPS) is 18.6. The molecule has 8 nitrogen and oxygen atoms in total. The Labute approximate surface area is 211 Å². The third-order valence-electron chi connectivity index (χ3n) is 7.31. The van der Waals surface area contributed by atoms with Crippen LogP contribution in [0.3, 0.4) is 0 Å². The van der Waals surface area contributed by atoms with Crippen LogP contribution in [0.25, 0.3) is 10.9 Å². The summed E-state index contributed by atoms with van der Waals surface area (Å²) in [5.41, 5.74) is 3.08. The summed E-state index contributed by atoms with van der Waals surface area (Å²) in [5, 5.41) is 3.37. The molecule has 9 heteroatoms. The lowest BCUT2D eigenvalue weighted by Gasteiger charge is -2.26. The van der Waals surface area contributed by atoms with Gasteiger partial charge in [-0.1, -0.05) is 30.7 Å². The smallest absolute Gasteiger partial charge is 0.252 e. The van der Waals surface area contributed by atoms with Gasteiger partial charge in [-0.2, -0.15) is 4.31 Å². The van der Waals surface area contributed by atoms with Gasteiger partial charge in [0.05, 0.1) is 23.5 Å². The number of hydrogen-bond donors (Lipinski definition) is 3. The second-order valence-electron chi connectivity index (χ2n) is 9.77. The van der Waals surface area contributed by atoms with Gasteiger partial charge in [-0.25, -0.2) is 8.42 Å². The fourth-order valence-corrected chi connectivity index (χ4v) is 6.87. The molecule has 36 heavy (non-hydrogen) atoms. The van der Waals surface area contributed by atoms with Crippen molar-refractivity contribution in [1.29, 1.82) is 0 Å². The number of nitrogens with one attached hydrogen (secondary N) is 3. The zero-order valence-electron chi connectivity index (χ0n) is 20.4. The van der Waals surface area contributed by atoms with Crippen molar-refractivity contribution in [3.05, 3.63) is 75.6 Å². The summed E-state index contributed by atoms with van der Waals surface area (Å²) >= 11 is 0. The average molecular weight is 510 g/mol. The quantitative estimate of drug-likeness (QED) is 0.420. The van der Waals surface area contributed by atoms with E-state index in [1.807, 2.05) is 0 Å². The molecule has 0 aliphatic carbocycles. The van der Waals surface area contributed by atoms with Crippen molar-refractivity contribution >= 4 is 26.8 Å². The maximum Gasteiger partial charge on any atom is 0.252 e. The Balaban J connectivity index is 1.27. The first-order chi connectivity index (χ1) is 17.4. The van der Waals surface area contributed by atoms with E-state index in [2.05, 4.69) is 34.6 Å². The van der Waals surface area contributed by atoms with Crippen LogP contribution in [0, 0.1) is 0 Å². The molecular formula is C27H33N4O4S+. The monoisotopic (exact) mass is 509 g/mol. The van der Waals surface area contributed by atoms with E-state index in [1.54, 1.807) is 6.07 Å². The van der Waals surface area contributed by atoms with Crippen molar-refractivity contribution in [2.24, 2.45) is 0 Å². The molecule has 2 aliphatic rings. The number of quaternary nitrogens is 1. The molecule has 1 aromatic heterocycles. The Hall–Kier alpha value is -3.01. The number of nitrogens with zero attached hydrogens (tertiary/aromatic N) is 1. The summed E-state index contributed by atoms with van der Waals surface area (Å²) < 4.78 is 27.8. The number of benzene rings is 2. The van der Waals surface area contributed by atoms with Gasteiger partial charge >= 0.3 is 0 Å². The van der Waals surface area contributed by atoms with Gasteiger partial charge in [0.25, 0.3) is 5.91 Å². The molecule has 3 heterocycles. The number of carbonyl (C=O) groups is 1. The number of rotatable bonds is 7. The zero-order chi connectivity index (χ0) is 25.1. The summed E-state index contributed by atoms with van der Waals surface area (Å²) in [6.45, 7) is 4.52. The Morgan fingerprint density at radius 1 is 1.03 bits per heavy atom. The number of amides is 1. The molecule has 0 saturated carbocycles. The third kappa shape index (κ3) is 5.23. The molecule has 0 bridgehead atoms. The van der Waals surface area contributed by atoms with Crippen molar-refractivity contribution in [1.82, 2.24) is 14.6 Å². The minimum atomic E-state index is -3.65. The standard InChI is InChI=1S/C27H32N4O4S/c32-26-18-24(27(33)28-12-6-13-30-16-11-20-7-2-3-8-21(20)19-30)23-17-22(9-10-25(23)29-26)36(34,35)31-14-4-1-5-15-31/h2-3,7-10,17-18H,1,4-6,11-16,19H2,(H,28,33)(H,29,32)/p+1. The number of aromatic amines is 1. The molecule has 1 amide bonds. The van der Waals surface area contributed by atoms with Gasteiger partial charge in [-0.05, 0) is 36.6 Å². The fourth-order valence-electron chi connectivity index (χ4n) is 5.33. The van der Waals surface area contributed by atoms with Gasteiger partial charge in [0.2, 0.25) is 15.6 Å². The highest BCUT2D eigenvalue weighted by Gasteiger charge is 2.27. The molecule has 1 fully saturated rings. The number of sulfonamides is 1. The van der Waals surface area contributed by atoms with E-state index >= 15 is 0 Å². The Kier molecular flexibility index (Phi) is 7.22. The molecule has 1 atom stereocenters. The van der Waals surface area contributed by atoms with Gasteiger partial charge < -0.3 is 15.2 Å². The van der Waals surface area contributed by atoms with E-state index < -0.39 is 15.6 Å². The van der Waals surface area contributed by atoms with E-state index in [0.29, 0.717) is 30.5 Å². The first kappa shape index (κ1) is 24.7. The van der Waals surface area contributed by atoms with Crippen LogP contribution in [-0.4, -0.2) is 56.3 Å². The number of H-pyrrole nitrogens is 1. The largest absolute Gasteiger partial charge is 0.352 e. The molecule has 1 unspecified atom stereocenters. The summed E-state index contributed by atoms with van der Waals surface area (Å²) in [7, 11) is -3.65. The minimum Gasteiger partial charge on any atom is -0.352 e. The summed E-state index contributed by atoms with van der Waals surface area (Å²) in [4.78, 5) is 29.6. The van der Waals surface area contributed by atoms with Crippen molar-refractivity contribution < 1.29 is 18.1 Å². The van der Waals surface area contributed by atoms with Gasteiger partial charge in [0.15, 0.2) is 0 Å². The van der Waals surface area contributed by atoms with Gasteiger partial charge in [-0.3, -0.25) is 9.59 Å². The number of aromatic nitrogens is 1. The predicted molar refractivity (Wildman–Crippen MR) is 139 cm³/mol. The summed E-state index contributed by atoms with van der Waals surface area (Å²) in [6, 6.07) is 14.4. The molecule has 190 valence electrons. The molecule has 5 rings (SSSR count). The molecule has 0 spiro atoms. The maximum atomic E-state index is 13.2. The fraction of sp³-hybridized carbons (Fsp3) is 0.407. The molecule has 2 aliphatic heterocycles. The van der Waals surface area contributed by atoms with Gasteiger partial charge in [-0.15, -0.1) is 0 Å². The Morgan fingerprint density at radius 2 is 1.81 bits per heavy atom. The van der Waals surface area contributed by atoms with Crippen LogP contribution < -0.4 is 15.8 Å². The zero-order valence-corrected chi connectivity index (χ0v) is 21.2. The molecular weight excluding hydrogens is 476 g/mol. The lowest BCUT2D eigenvalue weighted by Crippen LogP contribution is -3.11. The van der Waals surface area contributed by atoms with Gasteiger partial charge in [0, 0.05) is 55.0 Å². The second kappa shape index (κ2) is 10.5. The van der Waals surface area contributed by atoms with Crippen LogP contribution in [-0.2, 0) is 23.0 Å². The van der Waals surface area contributed by atoms with Crippen LogP contribution in [0.5, 0.6) is 0 Å². The predicted octanol–water partition coefficient (Wildman–Crippen LogP) is 1.46. The maximum absolute atomic E-state index is 13.2. The molecule has 3 aromatic rings. The number of fused-ring (bicyclic) bond motifs is 2. The highest BCUT2D eigenvalue weighted by Crippen LogP contribution is 2.25. The molecule has 2 aromatic carbocycles. The molecule has 0 radical (unpaired) electrons. The minimum absolute atomic E-state index is 0.145. The van der Waals surface area contributed by atoms with E-state index in [4.69, 9.17) is 0 Å². The molecule has 3 N–H and O–H groups in total. The van der Waals surface area contributed by atoms with E-state index in [-0.39, 0.29) is 16.4 Å². The Bertz CT molecular complexity index is 1430. The van der Waals surface area contributed by atoms with Crippen molar-refractivity contribution in [2.45, 2.75) is 43.5 Å². The first-order valence-electron chi connectivity index (χ1n) is 12.8. The van der Waals surface area contributed by atoms with E-state index in [9.17, 15) is 18.0 Å². The number of carbonyl (C=O) groups excluding carboxylic acids is 1. The van der Waals surface area contributed by atoms with Crippen LogP contribution in [0.2, 0.25) is 0 Å². The number of hydrogen-bond acceptors (Lipinski definition) is 4. The highest BCUT2D eigenvalue weighted by molar-refractivity contribution is 7.89. The van der Waals surface area contributed by atoms with E-state index in [1.165, 1.54) is 38.5 Å². The average Bonchev–Trinajstić information content (AvgIpc) is 2.90. The van der Waals surface area contributed by atoms with E-state index in [0.717, 1.165) is 51.7 Å². The van der Waals surface area contributed by atoms with Crippen molar-refractivity contribution in [3.63, 3.8) is 0 Å². The van der Waals surface area contributed by atoms with Crippen LogP contribution in [0.15, 0.2) is 58.2 Å². The number of piperidine rings is 1. The Morgan fingerprint density at radius 3 is 2.61 bits per heavy atom. The lowest BCUT2D eigenvalue weighted by molar-refractivity contribution is -0.916.